The monoisotopic (exact) mass is 315 g/mol. The molecular formula is C15H19ClFNO3. The van der Waals surface area contributed by atoms with E-state index in [9.17, 15) is 14.0 Å². The summed E-state index contributed by atoms with van der Waals surface area (Å²) < 4.78 is 13.5. The molecule has 0 spiro atoms. The molecule has 6 heteroatoms. The molecule has 0 saturated heterocycles. The Balaban J connectivity index is 2.92. The van der Waals surface area contributed by atoms with Gasteiger partial charge >= 0.3 is 5.97 Å². The molecule has 1 aromatic carbocycles. The minimum atomic E-state index is -1.08. The largest absolute Gasteiger partial charge is 0.481 e. The fraction of sp³-hybridized carbons (Fsp3) is 0.467. The number of carbonyl (C=O) groups excluding carboxylic acids is 1. The average Bonchev–Trinajstić information content (AvgIpc) is 2.28. The van der Waals surface area contributed by atoms with Crippen LogP contribution in [0.15, 0.2) is 18.2 Å². The molecular weight excluding hydrogens is 297 g/mol. The van der Waals surface area contributed by atoms with Crippen LogP contribution < -0.4 is 5.32 Å². The summed E-state index contributed by atoms with van der Waals surface area (Å²) >= 11 is 5.61. The molecule has 1 unspecified atom stereocenters. The van der Waals surface area contributed by atoms with Gasteiger partial charge in [-0.15, -0.1) is 0 Å². The molecule has 1 atom stereocenters. The zero-order valence-electron chi connectivity index (χ0n) is 12.2. The Morgan fingerprint density at radius 3 is 2.48 bits per heavy atom. The Morgan fingerprint density at radius 2 is 2.00 bits per heavy atom. The van der Waals surface area contributed by atoms with Gasteiger partial charge in [-0.1, -0.05) is 38.4 Å². The molecule has 21 heavy (non-hydrogen) atoms. The fourth-order valence-electron chi connectivity index (χ4n) is 1.88. The lowest BCUT2D eigenvalue weighted by molar-refractivity contribution is -0.137. The number of hydrogen-bond donors (Lipinski definition) is 2. The first-order valence-corrected chi connectivity index (χ1v) is 6.92. The fourth-order valence-corrected chi connectivity index (χ4v) is 2.00. The molecule has 1 aromatic rings. The first-order chi connectivity index (χ1) is 9.58. The Morgan fingerprint density at radius 1 is 1.38 bits per heavy atom. The average molecular weight is 316 g/mol. The first kappa shape index (κ1) is 17.4. The van der Waals surface area contributed by atoms with Crippen LogP contribution in [0.2, 0.25) is 5.02 Å². The molecule has 1 rings (SSSR count). The second-order valence-corrected chi connectivity index (χ2v) is 6.54. The Bertz CT molecular complexity index is 540. The molecule has 0 bridgehead atoms. The summed E-state index contributed by atoms with van der Waals surface area (Å²) in [5.41, 5.74) is 0.157. The predicted octanol–water partition coefficient (Wildman–Crippen LogP) is 3.55. The van der Waals surface area contributed by atoms with E-state index in [0.29, 0.717) is 5.56 Å². The van der Waals surface area contributed by atoms with E-state index in [1.807, 2.05) is 20.8 Å². The van der Waals surface area contributed by atoms with Crippen molar-refractivity contribution in [3.8, 4) is 0 Å². The summed E-state index contributed by atoms with van der Waals surface area (Å²) in [6.07, 6.45) is -0.0733. The third-order valence-corrected chi connectivity index (χ3v) is 3.06. The van der Waals surface area contributed by atoms with E-state index < -0.39 is 17.8 Å². The Hall–Kier alpha value is -1.62. The highest BCUT2D eigenvalue weighted by Gasteiger charge is 2.22. The van der Waals surface area contributed by atoms with E-state index in [4.69, 9.17) is 16.7 Å². The number of rotatable bonds is 5. The topological polar surface area (TPSA) is 66.4 Å². The smallest absolute Gasteiger partial charge is 0.305 e. The predicted molar refractivity (Wildman–Crippen MR) is 78.6 cm³/mol. The zero-order valence-corrected chi connectivity index (χ0v) is 13.0. The van der Waals surface area contributed by atoms with Crippen LogP contribution in [0.25, 0.3) is 0 Å². The quantitative estimate of drug-likeness (QED) is 0.873. The maximum absolute atomic E-state index is 13.5. The van der Waals surface area contributed by atoms with Crippen molar-refractivity contribution >= 4 is 23.5 Å². The number of carboxylic acid groups (broad SMARTS) is 1. The number of carbonyl (C=O) groups is 2. The maximum Gasteiger partial charge on any atom is 0.305 e. The van der Waals surface area contributed by atoms with Gasteiger partial charge in [0.05, 0.1) is 17.5 Å². The van der Waals surface area contributed by atoms with Crippen LogP contribution in [0.3, 0.4) is 0 Å². The third-order valence-electron chi connectivity index (χ3n) is 2.75. The summed E-state index contributed by atoms with van der Waals surface area (Å²) in [6, 6.07) is 3.21. The van der Waals surface area contributed by atoms with Crippen LogP contribution in [0, 0.1) is 11.2 Å². The molecule has 0 aromatic heterocycles. The summed E-state index contributed by atoms with van der Waals surface area (Å²) in [4.78, 5) is 22.9. The van der Waals surface area contributed by atoms with Crippen LogP contribution >= 0.6 is 11.6 Å². The summed E-state index contributed by atoms with van der Waals surface area (Å²) in [5.74, 6) is -2.00. The van der Waals surface area contributed by atoms with Gasteiger partial charge in [-0.3, -0.25) is 9.59 Å². The van der Waals surface area contributed by atoms with Crippen molar-refractivity contribution in [2.75, 3.05) is 0 Å². The van der Waals surface area contributed by atoms with Gasteiger partial charge < -0.3 is 10.4 Å². The molecule has 0 aliphatic heterocycles. The lowest BCUT2D eigenvalue weighted by Gasteiger charge is -2.22. The van der Waals surface area contributed by atoms with Gasteiger partial charge in [0.25, 0.3) is 0 Å². The van der Waals surface area contributed by atoms with E-state index in [1.165, 1.54) is 12.1 Å². The first-order valence-electron chi connectivity index (χ1n) is 6.54. The van der Waals surface area contributed by atoms with Gasteiger partial charge in [0.2, 0.25) is 5.91 Å². The van der Waals surface area contributed by atoms with Gasteiger partial charge in [0.1, 0.15) is 5.82 Å². The standard InChI is InChI=1S/C15H19ClFNO3/c1-15(2,3)8-13(19)18-12(7-14(20)21)9-4-5-10(16)11(17)6-9/h4-6,12H,7-8H2,1-3H3,(H,18,19)(H,20,21). The molecule has 0 heterocycles. The molecule has 0 aliphatic carbocycles. The summed E-state index contributed by atoms with van der Waals surface area (Å²) in [5, 5.41) is 11.5. The number of nitrogens with one attached hydrogen (secondary N) is 1. The van der Waals surface area contributed by atoms with E-state index in [0.717, 1.165) is 6.07 Å². The SMILES string of the molecule is CC(C)(C)CC(=O)NC(CC(=O)O)c1ccc(Cl)c(F)c1. The third kappa shape index (κ3) is 6.12. The van der Waals surface area contributed by atoms with Crippen molar-refractivity contribution in [2.45, 2.75) is 39.7 Å². The second-order valence-electron chi connectivity index (χ2n) is 6.13. The van der Waals surface area contributed by atoms with Crippen LogP contribution in [0.4, 0.5) is 4.39 Å². The molecule has 0 aliphatic rings. The number of aliphatic carboxylic acids is 1. The number of hydrogen-bond acceptors (Lipinski definition) is 2. The number of halogens is 2. The lowest BCUT2D eigenvalue weighted by Crippen LogP contribution is -2.32. The van der Waals surface area contributed by atoms with Crippen molar-refractivity contribution in [3.05, 3.63) is 34.6 Å². The van der Waals surface area contributed by atoms with Crippen LogP contribution in [-0.2, 0) is 9.59 Å². The maximum atomic E-state index is 13.5. The van der Waals surface area contributed by atoms with E-state index in [2.05, 4.69) is 5.32 Å². The summed E-state index contributed by atoms with van der Waals surface area (Å²) in [7, 11) is 0. The van der Waals surface area contributed by atoms with Crippen molar-refractivity contribution < 1.29 is 19.1 Å². The summed E-state index contributed by atoms with van der Waals surface area (Å²) in [6.45, 7) is 5.71. The molecule has 0 saturated carbocycles. The second kappa shape index (κ2) is 6.89. The highest BCUT2D eigenvalue weighted by molar-refractivity contribution is 6.30. The van der Waals surface area contributed by atoms with Gasteiger partial charge in [0, 0.05) is 6.42 Å². The van der Waals surface area contributed by atoms with E-state index >= 15 is 0 Å². The Labute approximate surface area is 128 Å². The van der Waals surface area contributed by atoms with Crippen molar-refractivity contribution in [1.82, 2.24) is 5.32 Å². The molecule has 0 radical (unpaired) electrons. The van der Waals surface area contributed by atoms with Gasteiger partial charge in [-0.25, -0.2) is 4.39 Å². The van der Waals surface area contributed by atoms with Gasteiger partial charge in [-0.05, 0) is 23.1 Å². The molecule has 1 amide bonds. The van der Waals surface area contributed by atoms with Gasteiger partial charge in [0.15, 0.2) is 0 Å². The highest BCUT2D eigenvalue weighted by atomic mass is 35.5. The lowest BCUT2D eigenvalue weighted by atomic mass is 9.91. The van der Waals surface area contributed by atoms with Crippen molar-refractivity contribution in [3.63, 3.8) is 0 Å². The molecule has 116 valence electrons. The minimum absolute atomic E-state index is 0.0474. The molecule has 0 fully saturated rings. The normalized spacial score (nSPS) is 12.8. The minimum Gasteiger partial charge on any atom is -0.481 e. The van der Waals surface area contributed by atoms with E-state index in [1.54, 1.807) is 0 Å². The zero-order chi connectivity index (χ0) is 16.2. The number of benzene rings is 1. The van der Waals surface area contributed by atoms with Gasteiger partial charge in [-0.2, -0.15) is 0 Å². The number of carboxylic acids is 1. The van der Waals surface area contributed by atoms with Crippen LogP contribution in [0.1, 0.15) is 45.2 Å². The number of amides is 1. The van der Waals surface area contributed by atoms with Crippen LogP contribution in [-0.4, -0.2) is 17.0 Å². The highest BCUT2D eigenvalue weighted by Crippen LogP contribution is 2.24. The van der Waals surface area contributed by atoms with Crippen molar-refractivity contribution in [1.29, 1.82) is 0 Å². The van der Waals surface area contributed by atoms with Crippen LogP contribution in [0.5, 0.6) is 0 Å². The molecule has 2 N–H and O–H groups in total. The van der Waals surface area contributed by atoms with Crippen molar-refractivity contribution in [2.24, 2.45) is 5.41 Å². The van der Waals surface area contributed by atoms with E-state index in [-0.39, 0.29) is 29.2 Å². The molecule has 4 nitrogen and oxygen atoms in total. The Kier molecular flexibility index (Phi) is 5.72.